The van der Waals surface area contributed by atoms with Crippen LogP contribution in [0.25, 0.3) is 11.0 Å². The van der Waals surface area contributed by atoms with E-state index < -0.39 is 0 Å². The fourth-order valence-corrected chi connectivity index (χ4v) is 1.80. The van der Waals surface area contributed by atoms with Crippen molar-refractivity contribution < 1.29 is 9.15 Å². The second-order valence-electron chi connectivity index (χ2n) is 3.58. The molecule has 0 aliphatic rings. The molecule has 2 rings (SSSR count). The Hall–Kier alpha value is -1.32. The van der Waals surface area contributed by atoms with Crippen LogP contribution in [0, 0.1) is 0 Å². The topological polar surface area (TPSA) is 48.4 Å². The molecule has 1 atom stereocenters. The lowest BCUT2D eigenvalue weighted by atomic mass is 10.00. The molecule has 80 valence electrons. The molecule has 0 saturated heterocycles. The Kier molecular flexibility index (Phi) is 3.04. The highest BCUT2D eigenvalue weighted by Crippen LogP contribution is 2.27. The quantitative estimate of drug-likeness (QED) is 0.831. The normalized spacial score (nSPS) is 13.2. The van der Waals surface area contributed by atoms with E-state index in [1.807, 2.05) is 24.3 Å². The highest BCUT2D eigenvalue weighted by molar-refractivity contribution is 5.81. The maximum absolute atomic E-state index is 5.72. The van der Waals surface area contributed by atoms with Crippen LogP contribution < -0.4 is 5.73 Å². The minimum atomic E-state index is 0.207. The summed E-state index contributed by atoms with van der Waals surface area (Å²) in [5.41, 5.74) is 7.76. The maximum atomic E-state index is 5.72. The van der Waals surface area contributed by atoms with E-state index in [0.717, 1.165) is 16.5 Å². The minimum absolute atomic E-state index is 0.207. The number of ether oxygens (including phenoxy) is 1. The molecule has 1 aromatic heterocycles. The molecule has 1 aromatic carbocycles. The monoisotopic (exact) mass is 205 g/mol. The summed E-state index contributed by atoms with van der Waals surface area (Å²) in [6, 6.07) is 7.97. The van der Waals surface area contributed by atoms with Gasteiger partial charge in [-0.1, -0.05) is 18.2 Å². The molecular formula is C12H15NO2. The first-order chi connectivity index (χ1) is 7.36. The van der Waals surface area contributed by atoms with Crippen LogP contribution in [0.5, 0.6) is 0 Å². The van der Waals surface area contributed by atoms with Gasteiger partial charge in [-0.2, -0.15) is 0 Å². The molecule has 0 bridgehead atoms. The van der Waals surface area contributed by atoms with Crippen molar-refractivity contribution in [2.24, 2.45) is 5.73 Å². The van der Waals surface area contributed by atoms with Gasteiger partial charge in [0.2, 0.25) is 0 Å². The van der Waals surface area contributed by atoms with Crippen LogP contribution in [0.15, 0.2) is 34.9 Å². The van der Waals surface area contributed by atoms with Crippen molar-refractivity contribution in [3.05, 3.63) is 36.1 Å². The first-order valence-corrected chi connectivity index (χ1v) is 5.02. The van der Waals surface area contributed by atoms with Crippen molar-refractivity contribution in [3.8, 4) is 0 Å². The fraction of sp³-hybridized carbons (Fsp3) is 0.333. The number of fused-ring (bicyclic) bond motifs is 1. The van der Waals surface area contributed by atoms with E-state index in [9.17, 15) is 0 Å². The smallest absolute Gasteiger partial charge is 0.134 e. The molecule has 1 heterocycles. The number of hydrogen-bond donors (Lipinski definition) is 1. The number of rotatable bonds is 4. The highest BCUT2D eigenvalue weighted by Gasteiger charge is 2.15. The molecule has 0 radical (unpaired) electrons. The Labute approximate surface area is 88.8 Å². The summed E-state index contributed by atoms with van der Waals surface area (Å²) in [7, 11) is 1.69. The zero-order chi connectivity index (χ0) is 10.7. The summed E-state index contributed by atoms with van der Waals surface area (Å²) in [6.07, 6.45) is 1.78. The van der Waals surface area contributed by atoms with Gasteiger partial charge in [0.1, 0.15) is 5.58 Å². The third-order valence-corrected chi connectivity index (χ3v) is 2.60. The van der Waals surface area contributed by atoms with E-state index in [0.29, 0.717) is 13.2 Å². The predicted molar refractivity (Wildman–Crippen MR) is 59.9 cm³/mol. The summed E-state index contributed by atoms with van der Waals surface area (Å²) in [6.45, 7) is 1.19. The molecule has 0 amide bonds. The average Bonchev–Trinajstić information content (AvgIpc) is 2.70. The van der Waals surface area contributed by atoms with Gasteiger partial charge in [0.15, 0.2) is 0 Å². The summed E-state index contributed by atoms with van der Waals surface area (Å²) in [5.74, 6) is 0.207. The Morgan fingerprint density at radius 3 is 2.93 bits per heavy atom. The summed E-state index contributed by atoms with van der Waals surface area (Å²) in [4.78, 5) is 0. The van der Waals surface area contributed by atoms with Gasteiger partial charge in [-0.3, -0.25) is 0 Å². The first-order valence-electron chi connectivity index (χ1n) is 5.02. The second kappa shape index (κ2) is 4.47. The SMILES string of the molecule is COCC(CN)c1coc2ccccc12. The Morgan fingerprint density at radius 1 is 1.40 bits per heavy atom. The Balaban J connectivity index is 2.41. The van der Waals surface area contributed by atoms with Crippen LogP contribution in [0.3, 0.4) is 0 Å². The van der Waals surface area contributed by atoms with E-state index in [2.05, 4.69) is 0 Å². The molecule has 0 fully saturated rings. The van der Waals surface area contributed by atoms with Gasteiger partial charge in [0, 0.05) is 30.5 Å². The third-order valence-electron chi connectivity index (χ3n) is 2.60. The van der Waals surface area contributed by atoms with Gasteiger partial charge >= 0.3 is 0 Å². The first kappa shape index (κ1) is 10.2. The van der Waals surface area contributed by atoms with Crippen LogP contribution in [-0.4, -0.2) is 20.3 Å². The van der Waals surface area contributed by atoms with E-state index >= 15 is 0 Å². The van der Waals surface area contributed by atoms with Gasteiger partial charge in [0.05, 0.1) is 12.9 Å². The molecular weight excluding hydrogens is 190 g/mol. The fourth-order valence-electron chi connectivity index (χ4n) is 1.80. The molecule has 1 unspecified atom stereocenters. The van der Waals surface area contributed by atoms with Gasteiger partial charge in [-0.15, -0.1) is 0 Å². The van der Waals surface area contributed by atoms with Gasteiger partial charge in [-0.05, 0) is 6.07 Å². The molecule has 0 saturated carbocycles. The number of furan rings is 1. The van der Waals surface area contributed by atoms with Crippen molar-refractivity contribution in [1.29, 1.82) is 0 Å². The van der Waals surface area contributed by atoms with Crippen molar-refractivity contribution in [1.82, 2.24) is 0 Å². The standard InChI is InChI=1S/C12H15NO2/c1-14-7-9(6-13)11-8-15-12-5-3-2-4-10(11)12/h2-5,8-9H,6-7,13H2,1H3. The summed E-state index contributed by atoms with van der Waals surface area (Å²) in [5, 5.41) is 1.13. The average molecular weight is 205 g/mol. The van der Waals surface area contributed by atoms with E-state index in [4.69, 9.17) is 14.9 Å². The number of benzene rings is 1. The molecule has 3 heteroatoms. The molecule has 2 aromatic rings. The third kappa shape index (κ3) is 1.89. The van der Waals surface area contributed by atoms with Crippen molar-refractivity contribution in [2.75, 3.05) is 20.3 Å². The van der Waals surface area contributed by atoms with E-state index in [1.165, 1.54) is 0 Å². The van der Waals surface area contributed by atoms with E-state index in [-0.39, 0.29) is 5.92 Å². The van der Waals surface area contributed by atoms with Crippen molar-refractivity contribution in [3.63, 3.8) is 0 Å². The Morgan fingerprint density at radius 2 is 2.20 bits per heavy atom. The highest BCUT2D eigenvalue weighted by atomic mass is 16.5. The maximum Gasteiger partial charge on any atom is 0.134 e. The largest absolute Gasteiger partial charge is 0.464 e. The lowest BCUT2D eigenvalue weighted by Gasteiger charge is -2.11. The van der Waals surface area contributed by atoms with Gasteiger partial charge < -0.3 is 14.9 Å². The Bertz CT molecular complexity index is 436. The summed E-state index contributed by atoms with van der Waals surface area (Å²) >= 11 is 0. The van der Waals surface area contributed by atoms with Crippen molar-refractivity contribution >= 4 is 11.0 Å². The van der Waals surface area contributed by atoms with Crippen LogP contribution in [-0.2, 0) is 4.74 Å². The van der Waals surface area contributed by atoms with Gasteiger partial charge in [-0.25, -0.2) is 0 Å². The number of nitrogens with two attached hydrogens (primary N) is 1. The number of para-hydroxylation sites is 1. The molecule has 0 spiro atoms. The van der Waals surface area contributed by atoms with Crippen LogP contribution in [0.1, 0.15) is 11.5 Å². The van der Waals surface area contributed by atoms with Crippen LogP contribution in [0.2, 0.25) is 0 Å². The molecule has 2 N–H and O–H groups in total. The van der Waals surface area contributed by atoms with E-state index in [1.54, 1.807) is 13.4 Å². The second-order valence-corrected chi connectivity index (χ2v) is 3.58. The predicted octanol–water partition coefficient (Wildman–Crippen LogP) is 2.12. The zero-order valence-electron chi connectivity index (χ0n) is 8.77. The zero-order valence-corrected chi connectivity index (χ0v) is 8.77. The molecule has 3 nitrogen and oxygen atoms in total. The van der Waals surface area contributed by atoms with Crippen molar-refractivity contribution in [2.45, 2.75) is 5.92 Å². The molecule has 0 aliphatic carbocycles. The molecule has 15 heavy (non-hydrogen) atoms. The summed E-state index contributed by atoms with van der Waals surface area (Å²) < 4.78 is 10.6. The number of methoxy groups -OCH3 is 1. The molecule has 0 aliphatic heterocycles. The minimum Gasteiger partial charge on any atom is -0.464 e. The number of hydrogen-bond acceptors (Lipinski definition) is 3. The lowest BCUT2D eigenvalue weighted by molar-refractivity contribution is 0.181. The lowest BCUT2D eigenvalue weighted by Crippen LogP contribution is -2.16. The van der Waals surface area contributed by atoms with Gasteiger partial charge in [0.25, 0.3) is 0 Å². The van der Waals surface area contributed by atoms with Crippen LogP contribution >= 0.6 is 0 Å². The van der Waals surface area contributed by atoms with Crippen LogP contribution in [0.4, 0.5) is 0 Å².